The number of benzene rings is 1. The van der Waals surface area contributed by atoms with Gasteiger partial charge in [0.2, 0.25) is 0 Å². The van der Waals surface area contributed by atoms with E-state index in [9.17, 15) is 9.59 Å². The molecular weight excluding hydrogens is 278 g/mol. The van der Waals surface area contributed by atoms with Crippen molar-refractivity contribution in [3.8, 4) is 5.69 Å². The highest BCUT2D eigenvalue weighted by molar-refractivity contribution is 5.41. The minimum atomic E-state index is -0.164. The second-order valence-electron chi connectivity index (χ2n) is 7.82. The maximum Gasteiger partial charge on any atom is 0.352 e. The molecule has 0 radical (unpaired) electrons. The predicted octanol–water partition coefficient (Wildman–Crippen LogP) is 1.57. The normalized spacial score (nSPS) is 45.4. The van der Waals surface area contributed by atoms with Gasteiger partial charge in [-0.05, 0) is 35.3 Å². The molecule has 3 aliphatic carbocycles. The van der Waals surface area contributed by atoms with Gasteiger partial charge in [0.05, 0.1) is 17.8 Å². The summed E-state index contributed by atoms with van der Waals surface area (Å²) in [6, 6.07) is 9.72. The molecule has 6 rings (SSSR count). The number of aromatic nitrogens is 3. The lowest BCUT2D eigenvalue weighted by Gasteiger charge is -2.45. The Balaban J connectivity index is 1.65. The van der Waals surface area contributed by atoms with Gasteiger partial charge in [0.1, 0.15) is 0 Å². The molecule has 5 heteroatoms. The molecule has 4 aliphatic rings. The zero-order chi connectivity index (χ0) is 15.0. The van der Waals surface area contributed by atoms with Crippen LogP contribution in [0.2, 0.25) is 0 Å². The summed E-state index contributed by atoms with van der Waals surface area (Å²) in [5.74, 6) is 1.18. The molecule has 3 fully saturated rings. The molecule has 6 atom stereocenters. The van der Waals surface area contributed by atoms with Crippen LogP contribution >= 0.6 is 0 Å². The van der Waals surface area contributed by atoms with E-state index in [0.717, 1.165) is 6.42 Å². The van der Waals surface area contributed by atoms with Gasteiger partial charge in [0.25, 0.3) is 0 Å². The van der Waals surface area contributed by atoms with Gasteiger partial charge in [-0.1, -0.05) is 32.0 Å². The Morgan fingerprint density at radius 2 is 1.68 bits per heavy atom. The Morgan fingerprint density at radius 3 is 2.36 bits per heavy atom. The highest BCUT2D eigenvalue weighted by Crippen LogP contribution is 2.96. The van der Waals surface area contributed by atoms with Crippen molar-refractivity contribution in [2.24, 2.45) is 22.7 Å². The smallest absolute Gasteiger partial charge is 0.245 e. The zero-order valence-electron chi connectivity index (χ0n) is 12.6. The van der Waals surface area contributed by atoms with Crippen LogP contribution in [-0.2, 0) is 0 Å². The topological polar surface area (TPSA) is 48.9 Å². The molecule has 0 bridgehead atoms. The average Bonchev–Trinajstić information content (AvgIpc) is 2.85. The first-order valence-corrected chi connectivity index (χ1v) is 8.04. The van der Waals surface area contributed by atoms with Crippen molar-refractivity contribution in [2.75, 3.05) is 0 Å². The summed E-state index contributed by atoms with van der Waals surface area (Å²) in [5, 5.41) is 0. The lowest BCUT2D eigenvalue weighted by molar-refractivity contribution is 0.0167. The Bertz CT molecular complexity index is 968. The average molecular weight is 295 g/mol. The molecule has 112 valence electrons. The summed E-state index contributed by atoms with van der Waals surface area (Å²) in [7, 11) is 0. The minimum absolute atomic E-state index is 0.162. The van der Waals surface area contributed by atoms with Crippen LogP contribution in [0.1, 0.15) is 32.4 Å². The third-order valence-electron chi connectivity index (χ3n) is 7.66. The van der Waals surface area contributed by atoms with Crippen LogP contribution in [0.15, 0.2) is 39.9 Å². The first-order valence-electron chi connectivity index (χ1n) is 8.04. The molecule has 0 unspecified atom stereocenters. The van der Waals surface area contributed by atoms with Crippen LogP contribution in [0.5, 0.6) is 0 Å². The molecule has 2 heterocycles. The highest BCUT2D eigenvalue weighted by Gasteiger charge is 2.93. The summed E-state index contributed by atoms with van der Waals surface area (Å²) in [6.07, 6.45) is 1.06. The SMILES string of the molecule is C[C@]12[C@H]3[C@@H]4n5c(=O)n(-c6ccccc6)c(=O)n5[C@H]3C[C@@H]1[C@@]42C. The van der Waals surface area contributed by atoms with Gasteiger partial charge in [-0.25, -0.2) is 23.5 Å². The van der Waals surface area contributed by atoms with E-state index in [1.165, 1.54) is 4.57 Å². The Morgan fingerprint density at radius 1 is 1.00 bits per heavy atom. The molecule has 5 nitrogen and oxygen atoms in total. The van der Waals surface area contributed by atoms with Crippen molar-refractivity contribution in [1.82, 2.24) is 13.9 Å². The van der Waals surface area contributed by atoms with E-state index in [2.05, 4.69) is 13.8 Å². The van der Waals surface area contributed by atoms with Crippen molar-refractivity contribution in [1.29, 1.82) is 0 Å². The molecule has 1 aromatic carbocycles. The van der Waals surface area contributed by atoms with Crippen molar-refractivity contribution >= 4 is 0 Å². The number of hydrogen-bond acceptors (Lipinski definition) is 2. The summed E-state index contributed by atoms with van der Waals surface area (Å²) < 4.78 is 4.91. The zero-order valence-corrected chi connectivity index (χ0v) is 12.6. The van der Waals surface area contributed by atoms with Gasteiger partial charge in [-0.15, -0.1) is 0 Å². The summed E-state index contributed by atoms with van der Waals surface area (Å²) in [4.78, 5) is 25.9. The van der Waals surface area contributed by atoms with Crippen LogP contribution < -0.4 is 11.4 Å². The predicted molar refractivity (Wildman–Crippen MR) is 80.2 cm³/mol. The monoisotopic (exact) mass is 295 g/mol. The third kappa shape index (κ3) is 0.788. The number of fused-ring (bicyclic) bond motifs is 5. The summed E-state index contributed by atoms with van der Waals surface area (Å²) >= 11 is 0. The molecule has 0 N–H and O–H groups in total. The van der Waals surface area contributed by atoms with E-state index in [1.54, 1.807) is 9.36 Å². The fraction of sp³-hybridized carbons (Fsp3) is 0.529. The second kappa shape index (κ2) is 2.90. The first-order chi connectivity index (χ1) is 10.5. The molecule has 1 aromatic heterocycles. The van der Waals surface area contributed by atoms with Gasteiger partial charge < -0.3 is 0 Å². The van der Waals surface area contributed by atoms with E-state index < -0.39 is 0 Å². The van der Waals surface area contributed by atoms with Crippen LogP contribution in [0.4, 0.5) is 0 Å². The van der Waals surface area contributed by atoms with Crippen molar-refractivity contribution in [3.05, 3.63) is 51.3 Å². The molecule has 22 heavy (non-hydrogen) atoms. The highest BCUT2D eigenvalue weighted by atomic mass is 16.2. The maximum atomic E-state index is 13.0. The first kappa shape index (κ1) is 11.5. The Labute approximate surface area is 126 Å². The van der Waals surface area contributed by atoms with Gasteiger partial charge >= 0.3 is 11.4 Å². The molecule has 1 aliphatic heterocycles. The van der Waals surface area contributed by atoms with Crippen LogP contribution in [0, 0.1) is 22.7 Å². The fourth-order valence-corrected chi connectivity index (χ4v) is 6.66. The molecule has 3 saturated carbocycles. The van der Waals surface area contributed by atoms with Gasteiger partial charge in [-0.2, -0.15) is 0 Å². The molecule has 2 aromatic rings. The Kier molecular flexibility index (Phi) is 1.52. The van der Waals surface area contributed by atoms with Crippen molar-refractivity contribution in [3.63, 3.8) is 0 Å². The van der Waals surface area contributed by atoms with Gasteiger partial charge in [0.15, 0.2) is 0 Å². The van der Waals surface area contributed by atoms with E-state index in [-0.39, 0.29) is 28.9 Å². The quantitative estimate of drug-likeness (QED) is 0.802. The summed E-state index contributed by atoms with van der Waals surface area (Å²) in [5.41, 5.74) is 0.936. The summed E-state index contributed by atoms with van der Waals surface area (Å²) in [6.45, 7) is 4.66. The van der Waals surface area contributed by atoms with E-state index in [4.69, 9.17) is 0 Å². The van der Waals surface area contributed by atoms with E-state index >= 15 is 0 Å². The standard InChI is InChI=1S/C17H17N3O2/c1-16-11-8-10-12(16)13(17(11,16)2)20-15(22)18(14(21)19(10)20)9-6-4-3-5-7-9/h3-7,10-13H,8H2,1-2H3/t10-,11-,12+,13-,16+,17-/m0/s1. The molecule has 0 saturated heterocycles. The van der Waals surface area contributed by atoms with Gasteiger partial charge in [0, 0.05) is 5.92 Å². The van der Waals surface area contributed by atoms with Crippen molar-refractivity contribution in [2.45, 2.75) is 32.4 Å². The number of nitrogens with zero attached hydrogens (tertiary/aromatic N) is 3. The molecular formula is C17H17N3O2. The number of hydrogen-bond donors (Lipinski definition) is 0. The maximum absolute atomic E-state index is 13.0. The van der Waals surface area contributed by atoms with Crippen LogP contribution in [-0.4, -0.2) is 13.9 Å². The largest absolute Gasteiger partial charge is 0.352 e. The van der Waals surface area contributed by atoms with Crippen molar-refractivity contribution < 1.29 is 0 Å². The second-order valence-corrected chi connectivity index (χ2v) is 7.82. The lowest BCUT2D eigenvalue weighted by Crippen LogP contribution is -2.46. The van der Waals surface area contributed by atoms with E-state index in [0.29, 0.717) is 22.9 Å². The van der Waals surface area contributed by atoms with Gasteiger partial charge in [-0.3, -0.25) is 0 Å². The third-order valence-corrected chi connectivity index (χ3v) is 7.66. The minimum Gasteiger partial charge on any atom is -0.245 e. The number of para-hydroxylation sites is 1. The Hall–Kier alpha value is -2.04. The lowest BCUT2D eigenvalue weighted by atomic mass is 9.60. The molecule has 0 amide bonds. The van der Waals surface area contributed by atoms with E-state index in [1.807, 2.05) is 30.3 Å². The number of rotatable bonds is 1. The fourth-order valence-electron chi connectivity index (χ4n) is 6.66. The molecule has 0 spiro atoms. The van der Waals surface area contributed by atoms with Crippen LogP contribution in [0.25, 0.3) is 5.69 Å². The van der Waals surface area contributed by atoms with Crippen LogP contribution in [0.3, 0.4) is 0 Å².